The first-order chi connectivity index (χ1) is 9.33. The van der Waals surface area contributed by atoms with E-state index in [2.05, 4.69) is 9.98 Å². The molecule has 4 heterocycles. The topological polar surface area (TPSA) is 60.9 Å². The Morgan fingerprint density at radius 3 is 2.84 bits per heavy atom. The van der Waals surface area contributed by atoms with Crippen LogP contribution < -0.4 is 9.64 Å². The Bertz CT molecular complexity index is 596. The van der Waals surface area contributed by atoms with Gasteiger partial charge in [0.2, 0.25) is 0 Å². The van der Waals surface area contributed by atoms with Gasteiger partial charge in [-0.15, -0.1) is 0 Å². The Hall–Kier alpha value is -2.24. The number of hydrogen-bond donors (Lipinski definition) is 1. The molecule has 0 radical (unpaired) electrons. The first kappa shape index (κ1) is 10.7. The summed E-state index contributed by atoms with van der Waals surface area (Å²) in [5.74, 6) is 2.47. The monoisotopic (exact) mass is 258 g/mol. The van der Waals surface area contributed by atoms with E-state index in [1.54, 1.807) is 12.3 Å². The quantitative estimate of drug-likeness (QED) is 0.826. The maximum atomic E-state index is 12.3. The molecule has 0 bridgehead atoms. The summed E-state index contributed by atoms with van der Waals surface area (Å²) in [6, 6.07) is 1.79. The zero-order chi connectivity index (χ0) is 12.8. The number of aromatic amines is 1. The lowest BCUT2D eigenvalue weighted by atomic mass is 10.3. The van der Waals surface area contributed by atoms with Crippen LogP contribution in [0.5, 0.6) is 5.75 Å². The number of carbonyl (C=O) groups is 1. The molecule has 0 unspecified atom stereocenters. The van der Waals surface area contributed by atoms with Crippen molar-refractivity contribution < 1.29 is 9.53 Å². The largest absolute Gasteiger partial charge is 0.469 e. The molecule has 1 amide bonds. The molecule has 1 saturated heterocycles. The van der Waals surface area contributed by atoms with Crippen molar-refractivity contribution >= 4 is 17.6 Å². The van der Waals surface area contributed by atoms with Gasteiger partial charge < -0.3 is 14.6 Å². The van der Waals surface area contributed by atoms with E-state index in [0.717, 1.165) is 43.3 Å². The highest BCUT2D eigenvalue weighted by molar-refractivity contribution is 6.10. The maximum absolute atomic E-state index is 12.3. The minimum absolute atomic E-state index is 0.0570. The van der Waals surface area contributed by atoms with Gasteiger partial charge >= 0.3 is 0 Å². The summed E-state index contributed by atoms with van der Waals surface area (Å²) in [7, 11) is 0. The van der Waals surface area contributed by atoms with Crippen molar-refractivity contribution in [3.8, 4) is 5.75 Å². The van der Waals surface area contributed by atoms with E-state index < -0.39 is 0 Å². The summed E-state index contributed by atoms with van der Waals surface area (Å²) in [5.41, 5.74) is 0.598. The van der Waals surface area contributed by atoms with Gasteiger partial charge in [-0.05, 0) is 18.9 Å². The lowest BCUT2D eigenvalue weighted by molar-refractivity contribution is 0.0787. The Kier molecular flexibility index (Phi) is 2.18. The molecule has 3 aliphatic heterocycles. The van der Waals surface area contributed by atoms with Crippen molar-refractivity contribution in [1.29, 1.82) is 0 Å². The van der Waals surface area contributed by atoms with Crippen LogP contribution in [0.1, 0.15) is 23.3 Å². The van der Waals surface area contributed by atoms with Gasteiger partial charge in [0.05, 0.1) is 0 Å². The lowest BCUT2D eigenvalue weighted by Crippen LogP contribution is -2.32. The maximum Gasteiger partial charge on any atom is 0.270 e. The van der Waals surface area contributed by atoms with Gasteiger partial charge in [-0.25, -0.2) is 4.99 Å². The number of nitrogens with one attached hydrogen (secondary N) is 1. The van der Waals surface area contributed by atoms with Crippen LogP contribution in [0.15, 0.2) is 23.3 Å². The van der Waals surface area contributed by atoms with E-state index in [4.69, 9.17) is 4.74 Å². The fourth-order valence-corrected chi connectivity index (χ4v) is 2.62. The van der Waals surface area contributed by atoms with Gasteiger partial charge in [0.1, 0.15) is 11.5 Å². The number of aliphatic imine (C=N–C) groups is 1. The molecule has 1 aromatic rings. The number of ether oxygens (including phenoxy) is 1. The van der Waals surface area contributed by atoms with Gasteiger partial charge in [0.15, 0.2) is 18.3 Å². The average Bonchev–Trinajstić information content (AvgIpc) is 3.02. The molecule has 3 aliphatic rings. The second-order valence-corrected chi connectivity index (χ2v) is 4.90. The third-order valence-electron chi connectivity index (χ3n) is 3.71. The third kappa shape index (κ3) is 1.56. The molecule has 4 rings (SSSR count). The van der Waals surface area contributed by atoms with Crippen molar-refractivity contribution in [2.75, 3.05) is 24.7 Å². The van der Waals surface area contributed by atoms with E-state index in [9.17, 15) is 4.79 Å². The Morgan fingerprint density at radius 2 is 2.16 bits per heavy atom. The molecule has 1 N–H and O–H groups in total. The van der Waals surface area contributed by atoms with Crippen LogP contribution in [-0.4, -0.2) is 41.4 Å². The van der Waals surface area contributed by atoms with Gasteiger partial charge in [-0.3, -0.25) is 9.69 Å². The predicted octanol–water partition coefficient (Wildman–Crippen LogP) is 1.33. The van der Waals surface area contributed by atoms with Crippen molar-refractivity contribution in [3.05, 3.63) is 24.0 Å². The van der Waals surface area contributed by atoms with Crippen LogP contribution in [-0.2, 0) is 0 Å². The molecular weight excluding hydrogens is 244 g/mol. The first-order valence-electron chi connectivity index (χ1n) is 6.50. The number of anilines is 1. The van der Waals surface area contributed by atoms with Gasteiger partial charge in [0.25, 0.3) is 5.91 Å². The average molecular weight is 258 g/mol. The molecular formula is C13H14N4O2. The first-order valence-corrected chi connectivity index (χ1v) is 6.50. The molecule has 6 nitrogen and oxygen atoms in total. The van der Waals surface area contributed by atoms with Crippen LogP contribution in [0.3, 0.4) is 0 Å². The van der Waals surface area contributed by atoms with Crippen molar-refractivity contribution in [1.82, 2.24) is 9.88 Å². The normalized spacial score (nSPS) is 20.1. The highest BCUT2D eigenvalue weighted by atomic mass is 16.5. The molecule has 0 saturated carbocycles. The molecule has 6 heteroatoms. The van der Waals surface area contributed by atoms with Crippen LogP contribution in [0.2, 0.25) is 0 Å². The van der Waals surface area contributed by atoms with Crippen LogP contribution in [0, 0.1) is 0 Å². The van der Waals surface area contributed by atoms with Crippen molar-refractivity contribution in [2.45, 2.75) is 12.8 Å². The summed E-state index contributed by atoms with van der Waals surface area (Å²) in [6.45, 7) is 2.15. The number of fused-ring (bicyclic) bond motifs is 1. The molecule has 1 aromatic heterocycles. The fourth-order valence-electron chi connectivity index (χ4n) is 2.62. The number of hydrogen-bond acceptors (Lipinski definition) is 4. The highest BCUT2D eigenvalue weighted by Gasteiger charge is 2.30. The number of amidine groups is 1. The number of amides is 1. The van der Waals surface area contributed by atoms with E-state index >= 15 is 0 Å². The molecule has 0 aliphatic carbocycles. The minimum Gasteiger partial charge on any atom is -0.469 e. The predicted molar refractivity (Wildman–Crippen MR) is 70.5 cm³/mol. The smallest absolute Gasteiger partial charge is 0.270 e. The zero-order valence-electron chi connectivity index (χ0n) is 10.4. The SMILES string of the molecule is O=C(c1cc2c([nH]1)N(C1=NC=C1)CO2)N1CCCC1. The summed E-state index contributed by atoms with van der Waals surface area (Å²) >= 11 is 0. The highest BCUT2D eigenvalue weighted by Crippen LogP contribution is 2.35. The van der Waals surface area contributed by atoms with E-state index in [0.29, 0.717) is 12.4 Å². The molecule has 0 aromatic carbocycles. The molecule has 0 atom stereocenters. The zero-order valence-corrected chi connectivity index (χ0v) is 10.4. The summed E-state index contributed by atoms with van der Waals surface area (Å²) in [5, 5.41) is 0. The number of rotatable bonds is 1. The second-order valence-electron chi connectivity index (χ2n) is 4.90. The van der Waals surface area contributed by atoms with E-state index in [1.165, 1.54) is 0 Å². The third-order valence-corrected chi connectivity index (χ3v) is 3.71. The van der Waals surface area contributed by atoms with Gasteiger partial charge in [-0.2, -0.15) is 0 Å². The lowest BCUT2D eigenvalue weighted by Gasteiger charge is -2.18. The van der Waals surface area contributed by atoms with Crippen molar-refractivity contribution in [2.24, 2.45) is 4.99 Å². The molecule has 19 heavy (non-hydrogen) atoms. The Labute approximate surface area is 110 Å². The molecule has 0 spiro atoms. The summed E-state index contributed by atoms with van der Waals surface area (Å²) < 4.78 is 5.57. The number of carbonyl (C=O) groups excluding carboxylic acids is 1. The Morgan fingerprint density at radius 1 is 1.37 bits per heavy atom. The van der Waals surface area contributed by atoms with Crippen LogP contribution >= 0.6 is 0 Å². The number of likely N-dealkylation sites (tertiary alicyclic amines) is 1. The van der Waals surface area contributed by atoms with E-state index in [-0.39, 0.29) is 5.91 Å². The van der Waals surface area contributed by atoms with Crippen LogP contribution in [0.25, 0.3) is 0 Å². The second kappa shape index (κ2) is 3.88. The molecule has 98 valence electrons. The summed E-state index contributed by atoms with van der Waals surface area (Å²) in [4.78, 5) is 23.4. The Balaban J connectivity index is 1.60. The number of aromatic nitrogens is 1. The number of nitrogens with zero attached hydrogens (tertiary/aromatic N) is 3. The summed E-state index contributed by atoms with van der Waals surface area (Å²) in [6.07, 6.45) is 5.85. The van der Waals surface area contributed by atoms with Gasteiger partial charge in [0, 0.05) is 25.4 Å². The fraction of sp³-hybridized carbons (Fsp3) is 0.385. The van der Waals surface area contributed by atoms with E-state index in [1.807, 2.05) is 15.9 Å². The van der Waals surface area contributed by atoms with Crippen LogP contribution in [0.4, 0.5) is 5.82 Å². The van der Waals surface area contributed by atoms with Crippen molar-refractivity contribution in [3.63, 3.8) is 0 Å². The number of H-pyrrole nitrogens is 1. The standard InChI is InChI=1S/C13H14N4O2/c18-13(16-5-1-2-6-16)9-7-10-12(15-9)17(8-19-10)11-3-4-14-11/h3-4,7,15H,1-2,5-6,8H2. The molecule has 1 fully saturated rings. The minimum atomic E-state index is 0.0570. The van der Waals surface area contributed by atoms with Gasteiger partial charge in [-0.1, -0.05) is 0 Å².